The predicted molar refractivity (Wildman–Crippen MR) is 112 cm³/mol. The number of ether oxygens (including phenoxy) is 2. The fourth-order valence-corrected chi connectivity index (χ4v) is 4.88. The maximum atomic E-state index is 13.0. The van der Waals surface area contributed by atoms with Crippen molar-refractivity contribution in [1.29, 1.82) is 0 Å². The first-order valence-corrected chi connectivity index (χ1v) is 10.8. The Balaban J connectivity index is 1.97. The molecule has 0 saturated heterocycles. The first-order valence-electron chi connectivity index (χ1n) is 10.8. The summed E-state index contributed by atoms with van der Waals surface area (Å²) in [5.41, 5.74) is 2.56. The second-order valence-corrected chi connectivity index (χ2v) is 8.49. The molecular weight excluding hydrogens is 352 g/mol. The number of fused-ring (bicyclic) bond motifs is 1. The van der Waals surface area contributed by atoms with E-state index < -0.39 is 0 Å². The van der Waals surface area contributed by atoms with E-state index in [4.69, 9.17) is 9.47 Å². The molecule has 1 aliphatic heterocycles. The van der Waals surface area contributed by atoms with Crippen LogP contribution in [0.2, 0.25) is 0 Å². The van der Waals surface area contributed by atoms with Crippen molar-refractivity contribution in [2.75, 3.05) is 27.3 Å². The molecule has 1 aromatic rings. The van der Waals surface area contributed by atoms with Gasteiger partial charge in [0.15, 0.2) is 11.5 Å². The quantitative estimate of drug-likeness (QED) is 0.768. The molecule has 0 radical (unpaired) electrons. The Hall–Kier alpha value is -1.75. The molecule has 1 aromatic carbocycles. The summed E-state index contributed by atoms with van der Waals surface area (Å²) in [7, 11) is 3.36. The maximum absolute atomic E-state index is 13.0. The van der Waals surface area contributed by atoms with Crippen LogP contribution in [0.4, 0.5) is 0 Å². The van der Waals surface area contributed by atoms with Crippen LogP contribution >= 0.6 is 0 Å². The van der Waals surface area contributed by atoms with Crippen LogP contribution in [0.15, 0.2) is 12.1 Å². The van der Waals surface area contributed by atoms with E-state index in [9.17, 15) is 4.79 Å². The summed E-state index contributed by atoms with van der Waals surface area (Å²) in [6.45, 7) is 8.58. The monoisotopic (exact) mass is 388 g/mol. The van der Waals surface area contributed by atoms with Crippen LogP contribution in [-0.2, 0) is 11.2 Å². The molecule has 0 aromatic heterocycles. The first-order chi connectivity index (χ1) is 13.5. The number of carbonyl (C=O) groups is 1. The highest BCUT2D eigenvalue weighted by molar-refractivity contribution is 5.79. The van der Waals surface area contributed by atoms with Crippen molar-refractivity contribution in [3.63, 3.8) is 0 Å². The van der Waals surface area contributed by atoms with Crippen LogP contribution in [0.1, 0.15) is 63.6 Å². The summed E-state index contributed by atoms with van der Waals surface area (Å²) in [6, 6.07) is 4.46. The minimum absolute atomic E-state index is 0.0743. The van der Waals surface area contributed by atoms with Gasteiger partial charge in [0, 0.05) is 12.5 Å². The third kappa shape index (κ3) is 4.14. The minimum atomic E-state index is 0.0743. The SMILES string of the molecule is CCN1CCc2cc(OC)c(OC)cc2[C@@H]1[C@H](NC(=O)C1CCCC1)C(C)C. The van der Waals surface area contributed by atoms with Crippen molar-refractivity contribution < 1.29 is 14.3 Å². The molecular formula is C23H36N2O3. The van der Waals surface area contributed by atoms with Crippen LogP contribution in [0, 0.1) is 11.8 Å². The van der Waals surface area contributed by atoms with Gasteiger partial charge in [0.25, 0.3) is 0 Å². The number of rotatable bonds is 7. The number of nitrogens with zero attached hydrogens (tertiary/aromatic N) is 1. The summed E-state index contributed by atoms with van der Waals surface area (Å²) < 4.78 is 11.1. The summed E-state index contributed by atoms with van der Waals surface area (Å²) in [4.78, 5) is 15.5. The van der Waals surface area contributed by atoms with Gasteiger partial charge in [-0.1, -0.05) is 33.6 Å². The number of nitrogens with one attached hydrogen (secondary N) is 1. The molecule has 5 nitrogen and oxygen atoms in total. The molecule has 1 saturated carbocycles. The van der Waals surface area contributed by atoms with Gasteiger partial charge in [0.05, 0.1) is 26.3 Å². The van der Waals surface area contributed by atoms with Gasteiger partial charge in [-0.3, -0.25) is 9.69 Å². The Labute approximate surface area is 169 Å². The Bertz CT molecular complexity index is 683. The van der Waals surface area contributed by atoms with E-state index in [0.29, 0.717) is 5.92 Å². The van der Waals surface area contributed by atoms with Crippen molar-refractivity contribution in [1.82, 2.24) is 10.2 Å². The molecule has 2 atom stereocenters. The fraction of sp³-hybridized carbons (Fsp3) is 0.696. The van der Waals surface area contributed by atoms with E-state index in [1.807, 2.05) is 0 Å². The molecule has 156 valence electrons. The molecule has 5 heteroatoms. The van der Waals surface area contributed by atoms with Gasteiger partial charge in [-0.05, 0) is 55.0 Å². The zero-order valence-electron chi connectivity index (χ0n) is 18.1. The van der Waals surface area contributed by atoms with Gasteiger partial charge in [-0.2, -0.15) is 0 Å². The van der Waals surface area contributed by atoms with Crippen LogP contribution < -0.4 is 14.8 Å². The number of benzene rings is 1. The number of amides is 1. The normalized spacial score (nSPS) is 21.4. The lowest BCUT2D eigenvalue weighted by molar-refractivity contribution is -0.126. The highest BCUT2D eigenvalue weighted by Gasteiger charge is 2.37. The zero-order chi connectivity index (χ0) is 20.3. The fourth-order valence-electron chi connectivity index (χ4n) is 4.88. The average Bonchev–Trinajstić information content (AvgIpc) is 3.24. The Kier molecular flexibility index (Phi) is 6.86. The lowest BCUT2D eigenvalue weighted by atomic mass is 9.83. The third-order valence-corrected chi connectivity index (χ3v) is 6.53. The molecule has 1 amide bonds. The number of methoxy groups -OCH3 is 2. The molecule has 0 bridgehead atoms. The Morgan fingerprint density at radius 3 is 2.39 bits per heavy atom. The second kappa shape index (κ2) is 9.17. The van der Waals surface area contributed by atoms with Crippen LogP contribution in [-0.4, -0.2) is 44.2 Å². The Morgan fingerprint density at radius 1 is 1.18 bits per heavy atom. The van der Waals surface area contributed by atoms with Gasteiger partial charge in [0.1, 0.15) is 0 Å². The van der Waals surface area contributed by atoms with E-state index >= 15 is 0 Å². The lowest BCUT2D eigenvalue weighted by Crippen LogP contribution is -2.52. The number of hydrogen-bond acceptors (Lipinski definition) is 4. The topological polar surface area (TPSA) is 50.8 Å². The lowest BCUT2D eigenvalue weighted by Gasteiger charge is -2.43. The molecule has 2 aliphatic rings. The van der Waals surface area contributed by atoms with Crippen molar-refractivity contribution in [3.8, 4) is 11.5 Å². The predicted octanol–water partition coefficient (Wildman–Crippen LogP) is 3.95. The van der Waals surface area contributed by atoms with E-state index in [2.05, 4.69) is 43.1 Å². The van der Waals surface area contributed by atoms with Gasteiger partial charge >= 0.3 is 0 Å². The van der Waals surface area contributed by atoms with Gasteiger partial charge in [-0.25, -0.2) is 0 Å². The van der Waals surface area contributed by atoms with E-state index in [0.717, 1.165) is 43.9 Å². The third-order valence-electron chi connectivity index (χ3n) is 6.53. The van der Waals surface area contributed by atoms with Crippen molar-refractivity contribution in [2.45, 2.75) is 65.0 Å². The second-order valence-electron chi connectivity index (χ2n) is 8.49. The van der Waals surface area contributed by atoms with Crippen molar-refractivity contribution >= 4 is 5.91 Å². The van der Waals surface area contributed by atoms with Crippen molar-refractivity contribution in [2.24, 2.45) is 11.8 Å². The summed E-state index contributed by atoms with van der Waals surface area (Å²) in [5, 5.41) is 3.45. The average molecular weight is 389 g/mol. The molecule has 1 aliphatic carbocycles. The summed E-state index contributed by atoms with van der Waals surface area (Å²) >= 11 is 0. The molecule has 28 heavy (non-hydrogen) atoms. The highest BCUT2D eigenvalue weighted by Crippen LogP contribution is 2.41. The molecule has 1 N–H and O–H groups in total. The first kappa shape index (κ1) is 21.0. The van der Waals surface area contributed by atoms with E-state index in [1.54, 1.807) is 14.2 Å². The Morgan fingerprint density at radius 2 is 1.82 bits per heavy atom. The highest BCUT2D eigenvalue weighted by atomic mass is 16.5. The van der Waals surface area contributed by atoms with Gasteiger partial charge < -0.3 is 14.8 Å². The molecule has 3 rings (SSSR count). The van der Waals surface area contributed by atoms with Crippen LogP contribution in [0.5, 0.6) is 11.5 Å². The van der Waals surface area contributed by atoms with E-state index in [1.165, 1.54) is 24.0 Å². The standard InChI is InChI=1S/C23H36N2O3/c1-6-25-12-11-17-13-19(27-4)20(28-5)14-18(17)22(25)21(15(2)3)24-23(26)16-9-7-8-10-16/h13-16,21-22H,6-12H2,1-5H3,(H,24,26)/t21-,22-/m1/s1. The summed E-state index contributed by atoms with van der Waals surface area (Å²) in [6.07, 6.45) is 5.39. The minimum Gasteiger partial charge on any atom is -0.493 e. The van der Waals surface area contributed by atoms with Crippen LogP contribution in [0.3, 0.4) is 0 Å². The number of hydrogen-bond donors (Lipinski definition) is 1. The molecule has 0 spiro atoms. The summed E-state index contributed by atoms with van der Waals surface area (Å²) in [5.74, 6) is 2.29. The van der Waals surface area contributed by atoms with Gasteiger partial charge in [-0.15, -0.1) is 0 Å². The number of carbonyl (C=O) groups excluding carboxylic acids is 1. The van der Waals surface area contributed by atoms with Crippen molar-refractivity contribution in [3.05, 3.63) is 23.3 Å². The molecule has 1 fully saturated rings. The zero-order valence-corrected chi connectivity index (χ0v) is 18.1. The van der Waals surface area contributed by atoms with Crippen LogP contribution in [0.25, 0.3) is 0 Å². The van der Waals surface area contributed by atoms with E-state index in [-0.39, 0.29) is 23.9 Å². The smallest absolute Gasteiger partial charge is 0.223 e. The number of likely N-dealkylation sites (N-methyl/N-ethyl adjacent to an activating group) is 1. The molecule has 1 heterocycles. The largest absolute Gasteiger partial charge is 0.493 e. The molecule has 0 unspecified atom stereocenters. The van der Waals surface area contributed by atoms with Gasteiger partial charge in [0.2, 0.25) is 5.91 Å². The maximum Gasteiger partial charge on any atom is 0.223 e.